The second kappa shape index (κ2) is 9.22. The van der Waals surface area contributed by atoms with Gasteiger partial charge < -0.3 is 13.6 Å². The molecule has 3 aromatic heterocycles. The zero-order valence-electron chi connectivity index (χ0n) is 24.3. The van der Waals surface area contributed by atoms with Crippen molar-refractivity contribution in [1.29, 1.82) is 0 Å². The third kappa shape index (κ3) is 3.41. The monoisotopic (exact) mass is 574 g/mol. The number of aromatic nitrogens is 2. The van der Waals surface area contributed by atoms with Crippen LogP contribution in [0.2, 0.25) is 0 Å². The Bertz CT molecular complexity index is 2720. The quantitative estimate of drug-likeness (QED) is 0.206. The highest BCUT2D eigenvalue weighted by Crippen LogP contribution is 2.42. The largest absolute Gasteiger partial charge is 0.456 e. The fourth-order valence-corrected chi connectivity index (χ4v) is 7.44. The second-order valence-electron chi connectivity index (χ2n) is 11.7. The molecule has 45 heavy (non-hydrogen) atoms. The Morgan fingerprint density at radius 3 is 1.76 bits per heavy atom. The number of furan rings is 1. The third-order valence-electron chi connectivity index (χ3n) is 9.32. The van der Waals surface area contributed by atoms with E-state index in [4.69, 9.17) is 4.42 Å². The molecule has 0 aliphatic rings. The van der Waals surface area contributed by atoms with Gasteiger partial charge in [-0.3, -0.25) is 0 Å². The first-order valence-electron chi connectivity index (χ1n) is 15.4. The predicted octanol–water partition coefficient (Wildman–Crippen LogP) is 11.4. The van der Waals surface area contributed by atoms with Crippen LogP contribution in [0, 0.1) is 0 Å². The molecule has 7 aromatic carbocycles. The number of rotatable bonds is 3. The van der Waals surface area contributed by atoms with Crippen LogP contribution in [0.5, 0.6) is 0 Å². The maximum Gasteiger partial charge on any atom is 0.137 e. The highest BCUT2D eigenvalue weighted by Gasteiger charge is 2.20. The van der Waals surface area contributed by atoms with Crippen LogP contribution in [0.3, 0.4) is 0 Å². The molecule has 0 aliphatic heterocycles. The van der Waals surface area contributed by atoms with Crippen LogP contribution < -0.4 is 0 Å². The van der Waals surface area contributed by atoms with E-state index in [1.807, 2.05) is 6.07 Å². The Morgan fingerprint density at radius 2 is 1.00 bits per heavy atom. The third-order valence-corrected chi connectivity index (χ3v) is 9.32. The van der Waals surface area contributed by atoms with E-state index >= 15 is 0 Å². The van der Waals surface area contributed by atoms with Gasteiger partial charge >= 0.3 is 0 Å². The summed E-state index contributed by atoms with van der Waals surface area (Å²) in [4.78, 5) is 0. The van der Waals surface area contributed by atoms with E-state index in [9.17, 15) is 0 Å². The summed E-state index contributed by atoms with van der Waals surface area (Å²) in [6.07, 6.45) is 0. The molecule has 210 valence electrons. The van der Waals surface area contributed by atoms with Crippen LogP contribution in [0.25, 0.3) is 88.1 Å². The topological polar surface area (TPSA) is 23.0 Å². The minimum absolute atomic E-state index is 0.903. The van der Waals surface area contributed by atoms with Crippen LogP contribution in [0.15, 0.2) is 162 Å². The van der Waals surface area contributed by atoms with Gasteiger partial charge in [-0.2, -0.15) is 0 Å². The summed E-state index contributed by atoms with van der Waals surface area (Å²) in [6.45, 7) is 0. The lowest BCUT2D eigenvalue weighted by atomic mass is 10.0. The molecule has 3 heteroatoms. The molecule has 0 saturated heterocycles. The van der Waals surface area contributed by atoms with Crippen molar-refractivity contribution in [2.24, 2.45) is 0 Å². The second-order valence-corrected chi connectivity index (χ2v) is 11.7. The van der Waals surface area contributed by atoms with E-state index in [1.165, 1.54) is 54.7 Å². The van der Waals surface area contributed by atoms with Gasteiger partial charge in [-0.15, -0.1) is 0 Å². The normalized spacial score (nSPS) is 12.0. The lowest BCUT2D eigenvalue weighted by Crippen LogP contribution is -1.98. The van der Waals surface area contributed by atoms with Crippen LogP contribution in [0.1, 0.15) is 0 Å². The first-order valence-corrected chi connectivity index (χ1v) is 15.4. The molecule has 0 aliphatic carbocycles. The van der Waals surface area contributed by atoms with E-state index in [2.05, 4.69) is 161 Å². The standard InChI is InChI=1S/C42H26N2O/c1-6-19-35(44-37-21-8-2-15-30(37)31-16-3-9-22-38(31)44)29(14-1)27-12-11-13-28(26-27)43-36-20-7-4-17-32(36)33-24-25-40-41(42(33)43)34-18-5-10-23-39(34)45-40/h1-26H. The maximum absolute atomic E-state index is 6.35. The maximum atomic E-state index is 6.35. The summed E-state index contributed by atoms with van der Waals surface area (Å²) in [7, 11) is 0. The zero-order chi connectivity index (χ0) is 29.5. The lowest BCUT2D eigenvalue weighted by Gasteiger charge is -2.16. The first kappa shape index (κ1) is 24.4. The van der Waals surface area contributed by atoms with Crippen molar-refractivity contribution in [3.05, 3.63) is 158 Å². The Kier molecular flexibility index (Phi) is 5.00. The molecule has 0 amide bonds. The molecule has 10 rings (SSSR count). The van der Waals surface area contributed by atoms with E-state index in [0.717, 1.165) is 33.3 Å². The molecule has 0 fully saturated rings. The van der Waals surface area contributed by atoms with Crippen molar-refractivity contribution in [3.8, 4) is 22.5 Å². The average Bonchev–Trinajstić information content (AvgIpc) is 3.76. The summed E-state index contributed by atoms with van der Waals surface area (Å²) < 4.78 is 11.2. The van der Waals surface area contributed by atoms with Crippen molar-refractivity contribution in [2.45, 2.75) is 0 Å². The number of fused-ring (bicyclic) bond motifs is 10. The number of nitrogens with zero attached hydrogens (tertiary/aromatic N) is 2. The van der Waals surface area contributed by atoms with Crippen molar-refractivity contribution in [2.75, 3.05) is 0 Å². The van der Waals surface area contributed by atoms with Crippen molar-refractivity contribution >= 4 is 65.6 Å². The van der Waals surface area contributed by atoms with Crippen LogP contribution in [-0.2, 0) is 0 Å². The Balaban J connectivity index is 1.27. The Morgan fingerprint density at radius 1 is 0.400 bits per heavy atom. The summed E-state index contributed by atoms with van der Waals surface area (Å²) in [5.74, 6) is 0. The average molecular weight is 575 g/mol. The summed E-state index contributed by atoms with van der Waals surface area (Å²) in [5.41, 5.74) is 11.2. The number of hydrogen-bond acceptors (Lipinski definition) is 1. The van der Waals surface area contributed by atoms with Gasteiger partial charge in [0.2, 0.25) is 0 Å². The molecule has 0 spiro atoms. The van der Waals surface area contributed by atoms with Crippen molar-refractivity contribution < 1.29 is 4.42 Å². The molecule has 0 unspecified atom stereocenters. The van der Waals surface area contributed by atoms with Crippen LogP contribution >= 0.6 is 0 Å². The Labute approximate surface area is 258 Å². The molecular weight excluding hydrogens is 548 g/mol. The molecule has 0 saturated carbocycles. The summed E-state index contributed by atoms with van der Waals surface area (Å²) >= 11 is 0. The summed E-state index contributed by atoms with van der Waals surface area (Å²) in [5, 5.41) is 7.26. The van der Waals surface area contributed by atoms with Gasteiger partial charge in [0.05, 0.1) is 33.1 Å². The highest BCUT2D eigenvalue weighted by molar-refractivity contribution is 6.24. The highest BCUT2D eigenvalue weighted by atomic mass is 16.3. The molecule has 0 bridgehead atoms. The number of hydrogen-bond donors (Lipinski definition) is 0. The fourth-order valence-electron chi connectivity index (χ4n) is 7.44. The minimum Gasteiger partial charge on any atom is -0.456 e. The van der Waals surface area contributed by atoms with Gasteiger partial charge in [0, 0.05) is 38.2 Å². The molecule has 3 nitrogen and oxygen atoms in total. The van der Waals surface area contributed by atoms with E-state index < -0.39 is 0 Å². The number of benzene rings is 7. The van der Waals surface area contributed by atoms with Gasteiger partial charge in [0.15, 0.2) is 0 Å². The molecule has 3 heterocycles. The Hall–Kier alpha value is -6.06. The van der Waals surface area contributed by atoms with Gasteiger partial charge in [0.1, 0.15) is 11.2 Å². The van der Waals surface area contributed by atoms with E-state index in [1.54, 1.807) is 0 Å². The van der Waals surface area contributed by atoms with Gasteiger partial charge in [-0.25, -0.2) is 0 Å². The molecule has 10 aromatic rings. The van der Waals surface area contributed by atoms with Gasteiger partial charge in [0.25, 0.3) is 0 Å². The van der Waals surface area contributed by atoms with Gasteiger partial charge in [-0.1, -0.05) is 103 Å². The SMILES string of the molecule is c1cc(-c2ccccc2-n2c3ccccc3c3ccccc32)cc(-n2c3ccccc3c3ccc4oc5ccccc5c4c32)c1. The number of para-hydroxylation sites is 5. The predicted molar refractivity (Wildman–Crippen MR) is 188 cm³/mol. The molecule has 0 N–H and O–H groups in total. The van der Waals surface area contributed by atoms with Crippen molar-refractivity contribution in [3.63, 3.8) is 0 Å². The van der Waals surface area contributed by atoms with Gasteiger partial charge in [-0.05, 0) is 60.2 Å². The van der Waals surface area contributed by atoms with Crippen LogP contribution in [0.4, 0.5) is 0 Å². The lowest BCUT2D eigenvalue weighted by molar-refractivity contribution is 0.669. The molecule has 0 radical (unpaired) electrons. The first-order chi connectivity index (χ1) is 22.3. The van der Waals surface area contributed by atoms with Crippen LogP contribution in [-0.4, -0.2) is 9.13 Å². The summed E-state index contributed by atoms with van der Waals surface area (Å²) in [6, 6.07) is 56.5. The minimum atomic E-state index is 0.903. The van der Waals surface area contributed by atoms with E-state index in [-0.39, 0.29) is 0 Å². The fraction of sp³-hybridized carbons (Fsp3) is 0. The van der Waals surface area contributed by atoms with E-state index in [0.29, 0.717) is 0 Å². The smallest absolute Gasteiger partial charge is 0.137 e. The molecular formula is C42H26N2O. The van der Waals surface area contributed by atoms with Crippen molar-refractivity contribution in [1.82, 2.24) is 9.13 Å². The zero-order valence-corrected chi connectivity index (χ0v) is 24.3. The molecule has 0 atom stereocenters.